The summed E-state index contributed by atoms with van der Waals surface area (Å²) in [5, 5.41) is 14.1. The Hall–Kier alpha value is -4.07. The third kappa shape index (κ3) is 4.34. The van der Waals surface area contributed by atoms with E-state index in [1.807, 2.05) is 32.0 Å². The average Bonchev–Trinajstić information content (AvgIpc) is 2.79. The monoisotopic (exact) mass is 429 g/mol. The summed E-state index contributed by atoms with van der Waals surface area (Å²) in [6.45, 7) is 3.73. The Bertz CT molecular complexity index is 1360. The Kier molecular flexibility index (Phi) is 5.93. The van der Waals surface area contributed by atoms with Gasteiger partial charge in [0.15, 0.2) is 0 Å². The highest BCUT2D eigenvalue weighted by molar-refractivity contribution is 6.04. The summed E-state index contributed by atoms with van der Waals surface area (Å²) in [6.07, 6.45) is 1.63. The minimum Gasteiger partial charge on any atom is -0.344 e. The molecule has 0 aliphatic carbocycles. The zero-order valence-electron chi connectivity index (χ0n) is 17.8. The molecule has 0 saturated carbocycles. The van der Waals surface area contributed by atoms with Gasteiger partial charge in [0.25, 0.3) is 5.56 Å². The van der Waals surface area contributed by atoms with Crippen LogP contribution in [0.2, 0.25) is 0 Å². The maximum Gasteiger partial charge on any atom is 0.272 e. The number of nitrogens with zero attached hydrogens (tertiary/aromatic N) is 2. The van der Waals surface area contributed by atoms with E-state index in [4.69, 9.17) is 0 Å². The van der Waals surface area contributed by atoms with Gasteiger partial charge in [-0.1, -0.05) is 38.1 Å². The van der Waals surface area contributed by atoms with Gasteiger partial charge in [0.05, 0.1) is 28.7 Å². The SMILES string of the molecule is CC(C)C(NC(=O)Cc1n[nH]c(=O)c2ccccc12)C(=O)Nc1cccc2ncccc12. The lowest BCUT2D eigenvalue weighted by molar-refractivity contribution is -0.127. The number of anilines is 1. The van der Waals surface area contributed by atoms with E-state index in [-0.39, 0.29) is 29.7 Å². The second-order valence-corrected chi connectivity index (χ2v) is 7.88. The van der Waals surface area contributed by atoms with Crippen LogP contribution in [-0.2, 0) is 16.0 Å². The number of H-pyrrole nitrogens is 1. The largest absolute Gasteiger partial charge is 0.344 e. The van der Waals surface area contributed by atoms with E-state index in [0.29, 0.717) is 22.2 Å². The third-order valence-corrected chi connectivity index (χ3v) is 5.27. The van der Waals surface area contributed by atoms with Gasteiger partial charge in [-0.15, -0.1) is 0 Å². The van der Waals surface area contributed by atoms with E-state index >= 15 is 0 Å². The summed E-state index contributed by atoms with van der Waals surface area (Å²) in [6, 6.07) is 15.4. The number of carbonyl (C=O) groups is 2. The van der Waals surface area contributed by atoms with Crippen LogP contribution in [-0.4, -0.2) is 33.0 Å². The number of hydrogen-bond acceptors (Lipinski definition) is 5. The number of hydrogen-bond donors (Lipinski definition) is 3. The van der Waals surface area contributed by atoms with Gasteiger partial charge < -0.3 is 10.6 Å². The Morgan fingerprint density at radius 2 is 1.72 bits per heavy atom. The number of aromatic amines is 1. The van der Waals surface area contributed by atoms with Crippen molar-refractivity contribution in [2.45, 2.75) is 26.3 Å². The van der Waals surface area contributed by atoms with E-state index in [1.54, 1.807) is 42.6 Å². The molecule has 1 unspecified atom stereocenters. The van der Waals surface area contributed by atoms with Gasteiger partial charge in [-0.3, -0.25) is 19.4 Å². The molecule has 8 nitrogen and oxygen atoms in total. The lowest BCUT2D eigenvalue weighted by atomic mass is 10.0. The number of rotatable bonds is 6. The van der Waals surface area contributed by atoms with Crippen molar-refractivity contribution in [2.24, 2.45) is 5.92 Å². The fraction of sp³-hybridized carbons (Fsp3) is 0.208. The number of pyridine rings is 1. The minimum absolute atomic E-state index is 0.0635. The van der Waals surface area contributed by atoms with Crippen LogP contribution >= 0.6 is 0 Å². The molecule has 8 heteroatoms. The number of carbonyl (C=O) groups excluding carboxylic acids is 2. The molecule has 0 saturated heterocycles. The van der Waals surface area contributed by atoms with Crippen molar-refractivity contribution in [1.29, 1.82) is 0 Å². The van der Waals surface area contributed by atoms with Crippen LogP contribution in [0, 0.1) is 5.92 Å². The first kappa shape index (κ1) is 21.2. The minimum atomic E-state index is -0.747. The van der Waals surface area contributed by atoms with E-state index in [9.17, 15) is 14.4 Å². The Morgan fingerprint density at radius 1 is 0.969 bits per heavy atom. The second-order valence-electron chi connectivity index (χ2n) is 7.88. The van der Waals surface area contributed by atoms with E-state index < -0.39 is 6.04 Å². The first-order valence-electron chi connectivity index (χ1n) is 10.3. The van der Waals surface area contributed by atoms with Crippen molar-refractivity contribution in [1.82, 2.24) is 20.5 Å². The Labute approximate surface area is 184 Å². The molecular formula is C24H23N5O3. The van der Waals surface area contributed by atoms with Gasteiger partial charge in [0, 0.05) is 17.0 Å². The molecule has 4 rings (SSSR count). The molecule has 0 radical (unpaired) electrons. The van der Waals surface area contributed by atoms with E-state index in [1.165, 1.54) is 0 Å². The number of nitrogens with one attached hydrogen (secondary N) is 3. The van der Waals surface area contributed by atoms with Crippen molar-refractivity contribution < 1.29 is 9.59 Å². The molecule has 3 N–H and O–H groups in total. The Morgan fingerprint density at radius 3 is 2.50 bits per heavy atom. The van der Waals surface area contributed by atoms with Crippen LogP contribution in [0.15, 0.2) is 65.6 Å². The van der Waals surface area contributed by atoms with Crippen LogP contribution < -0.4 is 16.2 Å². The van der Waals surface area contributed by atoms with Gasteiger partial charge in [0.1, 0.15) is 6.04 Å². The van der Waals surface area contributed by atoms with E-state index in [0.717, 1.165) is 10.9 Å². The summed E-state index contributed by atoms with van der Waals surface area (Å²) in [5.74, 6) is -0.820. The first-order chi connectivity index (χ1) is 15.4. The highest BCUT2D eigenvalue weighted by Crippen LogP contribution is 2.22. The van der Waals surface area contributed by atoms with Crippen molar-refractivity contribution in [3.63, 3.8) is 0 Å². The standard InChI is InChI=1S/C24H23N5O3/c1-14(2)22(24(32)26-19-11-5-10-18-17(19)9-6-12-25-18)27-21(30)13-20-15-7-3-4-8-16(15)23(31)29-28-20/h3-12,14,22H,13H2,1-2H3,(H,26,32)(H,27,30)(H,29,31). The molecule has 0 fully saturated rings. The maximum atomic E-state index is 13.0. The fourth-order valence-electron chi connectivity index (χ4n) is 3.64. The number of amides is 2. The van der Waals surface area contributed by atoms with Crippen LogP contribution in [0.3, 0.4) is 0 Å². The summed E-state index contributed by atoms with van der Waals surface area (Å²) in [4.78, 5) is 42.1. The van der Waals surface area contributed by atoms with Gasteiger partial charge in [-0.2, -0.15) is 5.10 Å². The molecule has 2 amide bonds. The number of aromatic nitrogens is 3. The van der Waals surface area contributed by atoms with E-state index in [2.05, 4.69) is 25.8 Å². The van der Waals surface area contributed by atoms with Crippen LogP contribution in [0.4, 0.5) is 5.69 Å². The summed E-state index contributed by atoms with van der Waals surface area (Å²) in [7, 11) is 0. The number of fused-ring (bicyclic) bond motifs is 2. The molecule has 2 aromatic heterocycles. The first-order valence-corrected chi connectivity index (χ1v) is 10.3. The highest BCUT2D eigenvalue weighted by atomic mass is 16.2. The molecule has 162 valence electrons. The molecule has 32 heavy (non-hydrogen) atoms. The molecule has 0 bridgehead atoms. The highest BCUT2D eigenvalue weighted by Gasteiger charge is 2.25. The second kappa shape index (κ2) is 8.97. The van der Waals surface area contributed by atoms with Crippen LogP contribution in [0.25, 0.3) is 21.7 Å². The lowest BCUT2D eigenvalue weighted by Gasteiger charge is -2.22. The quantitative estimate of drug-likeness (QED) is 0.436. The Balaban J connectivity index is 1.52. The zero-order valence-corrected chi connectivity index (χ0v) is 17.8. The summed E-state index contributed by atoms with van der Waals surface area (Å²) < 4.78 is 0. The summed E-state index contributed by atoms with van der Waals surface area (Å²) in [5.41, 5.74) is 1.54. The summed E-state index contributed by atoms with van der Waals surface area (Å²) >= 11 is 0. The van der Waals surface area contributed by atoms with Crippen molar-refractivity contribution in [3.8, 4) is 0 Å². The fourth-order valence-corrected chi connectivity index (χ4v) is 3.64. The van der Waals surface area contributed by atoms with Gasteiger partial charge in [-0.25, -0.2) is 5.10 Å². The molecule has 1 atom stereocenters. The smallest absolute Gasteiger partial charge is 0.272 e. The third-order valence-electron chi connectivity index (χ3n) is 5.27. The lowest BCUT2D eigenvalue weighted by Crippen LogP contribution is -2.47. The van der Waals surface area contributed by atoms with Crippen molar-refractivity contribution >= 4 is 39.2 Å². The predicted octanol–water partition coefficient (Wildman–Crippen LogP) is 2.79. The topological polar surface area (TPSA) is 117 Å². The van der Waals surface area contributed by atoms with Gasteiger partial charge in [0.2, 0.25) is 11.8 Å². The molecular weight excluding hydrogens is 406 g/mol. The molecule has 2 heterocycles. The average molecular weight is 429 g/mol. The van der Waals surface area contributed by atoms with Crippen molar-refractivity contribution in [3.05, 3.63) is 76.8 Å². The maximum absolute atomic E-state index is 13.0. The van der Waals surface area contributed by atoms with Crippen LogP contribution in [0.5, 0.6) is 0 Å². The number of benzene rings is 2. The molecule has 2 aromatic carbocycles. The molecule has 0 aliphatic rings. The van der Waals surface area contributed by atoms with Gasteiger partial charge >= 0.3 is 0 Å². The molecule has 4 aromatic rings. The van der Waals surface area contributed by atoms with Crippen LogP contribution in [0.1, 0.15) is 19.5 Å². The van der Waals surface area contributed by atoms with Gasteiger partial charge in [-0.05, 0) is 36.2 Å². The molecule has 0 aliphatic heterocycles. The van der Waals surface area contributed by atoms with Crippen molar-refractivity contribution in [2.75, 3.05) is 5.32 Å². The zero-order chi connectivity index (χ0) is 22.7. The normalized spacial score (nSPS) is 12.1. The predicted molar refractivity (Wildman–Crippen MR) is 123 cm³/mol. The molecule has 0 spiro atoms.